The van der Waals surface area contributed by atoms with Gasteiger partial charge in [-0.2, -0.15) is 15.2 Å². The molecule has 0 aromatic carbocycles. The molecule has 3 heterocycles. The minimum atomic E-state index is 0.541. The molecule has 1 aliphatic heterocycles. The highest BCUT2D eigenvalue weighted by Crippen LogP contribution is 2.22. The van der Waals surface area contributed by atoms with E-state index >= 15 is 0 Å². The molecule has 6 heteroatoms. The number of nitrogens with zero attached hydrogens (tertiary/aromatic N) is 4. The second-order valence-corrected chi connectivity index (χ2v) is 5.42. The first-order valence-corrected chi connectivity index (χ1v) is 7.07. The summed E-state index contributed by atoms with van der Waals surface area (Å²) in [6, 6.07) is 1.93. The smallest absolute Gasteiger partial charge is 0.259 e. The van der Waals surface area contributed by atoms with Gasteiger partial charge in [0, 0.05) is 6.42 Å². The normalized spacial score (nSPS) is 19.2. The van der Waals surface area contributed by atoms with Crippen LogP contribution in [0.2, 0.25) is 0 Å². The molecular weight excluding hydrogens is 254 g/mol. The van der Waals surface area contributed by atoms with E-state index in [0.29, 0.717) is 11.8 Å². The summed E-state index contributed by atoms with van der Waals surface area (Å²) < 4.78 is 5.38. The number of piperidine rings is 1. The predicted octanol–water partition coefficient (Wildman–Crippen LogP) is 1.69. The summed E-state index contributed by atoms with van der Waals surface area (Å²) >= 11 is 0. The summed E-state index contributed by atoms with van der Waals surface area (Å²) in [7, 11) is 0. The van der Waals surface area contributed by atoms with Gasteiger partial charge in [0.1, 0.15) is 0 Å². The van der Waals surface area contributed by atoms with Crippen LogP contribution in [-0.2, 0) is 6.42 Å². The number of hydrogen-bond donors (Lipinski definition) is 1. The highest BCUT2D eigenvalue weighted by molar-refractivity contribution is 5.55. The van der Waals surface area contributed by atoms with Crippen molar-refractivity contribution in [2.75, 3.05) is 13.1 Å². The molecule has 1 fully saturated rings. The van der Waals surface area contributed by atoms with Crippen molar-refractivity contribution < 1.29 is 4.52 Å². The zero-order valence-electron chi connectivity index (χ0n) is 11.9. The summed E-state index contributed by atoms with van der Waals surface area (Å²) in [5, 5.41) is 15.6. The van der Waals surface area contributed by atoms with Gasteiger partial charge in [-0.15, -0.1) is 0 Å². The quantitative estimate of drug-likeness (QED) is 0.917. The molecule has 2 aromatic heterocycles. The number of rotatable bonds is 3. The van der Waals surface area contributed by atoms with Crippen molar-refractivity contribution in [1.29, 1.82) is 0 Å². The van der Waals surface area contributed by atoms with Gasteiger partial charge >= 0.3 is 0 Å². The Balaban J connectivity index is 1.77. The van der Waals surface area contributed by atoms with Gasteiger partial charge in [0.25, 0.3) is 5.89 Å². The third-order valence-electron chi connectivity index (χ3n) is 3.67. The molecule has 0 aliphatic carbocycles. The monoisotopic (exact) mass is 273 g/mol. The van der Waals surface area contributed by atoms with E-state index in [4.69, 9.17) is 4.52 Å². The Kier molecular flexibility index (Phi) is 3.73. The Bertz CT molecular complexity index is 589. The topological polar surface area (TPSA) is 76.7 Å². The second-order valence-electron chi connectivity index (χ2n) is 5.42. The van der Waals surface area contributed by atoms with Crippen molar-refractivity contribution in [1.82, 2.24) is 25.7 Å². The summed E-state index contributed by atoms with van der Waals surface area (Å²) in [6.45, 7) is 5.96. The van der Waals surface area contributed by atoms with Crippen LogP contribution in [0.15, 0.2) is 10.6 Å². The molecule has 1 aliphatic rings. The van der Waals surface area contributed by atoms with E-state index in [0.717, 1.165) is 42.3 Å². The van der Waals surface area contributed by atoms with Crippen LogP contribution in [-0.4, -0.2) is 33.4 Å². The van der Waals surface area contributed by atoms with Crippen molar-refractivity contribution in [2.45, 2.75) is 33.1 Å². The lowest BCUT2D eigenvalue weighted by atomic mass is 9.96. The van der Waals surface area contributed by atoms with Gasteiger partial charge in [-0.3, -0.25) is 0 Å². The minimum Gasteiger partial charge on any atom is -0.334 e. The van der Waals surface area contributed by atoms with E-state index in [1.54, 1.807) is 0 Å². The van der Waals surface area contributed by atoms with E-state index in [2.05, 4.69) is 25.7 Å². The molecule has 3 rings (SSSR count). The molecular formula is C14H19N5O. The van der Waals surface area contributed by atoms with Gasteiger partial charge < -0.3 is 9.84 Å². The highest BCUT2D eigenvalue weighted by Gasteiger charge is 2.18. The molecule has 106 valence electrons. The van der Waals surface area contributed by atoms with E-state index in [1.165, 1.54) is 12.8 Å². The molecule has 1 saturated heterocycles. The van der Waals surface area contributed by atoms with Crippen LogP contribution in [0.4, 0.5) is 0 Å². The van der Waals surface area contributed by atoms with Crippen molar-refractivity contribution in [2.24, 2.45) is 5.92 Å². The van der Waals surface area contributed by atoms with E-state index in [1.807, 2.05) is 19.9 Å². The number of aromatic nitrogens is 4. The molecule has 0 radical (unpaired) electrons. The van der Waals surface area contributed by atoms with Crippen molar-refractivity contribution in [3.63, 3.8) is 0 Å². The third-order valence-corrected chi connectivity index (χ3v) is 3.67. The van der Waals surface area contributed by atoms with Gasteiger partial charge in [-0.25, -0.2) is 0 Å². The summed E-state index contributed by atoms with van der Waals surface area (Å²) in [5.74, 6) is 1.93. The van der Waals surface area contributed by atoms with Crippen LogP contribution in [0.1, 0.15) is 30.1 Å². The lowest BCUT2D eigenvalue weighted by molar-refractivity contribution is 0.359. The van der Waals surface area contributed by atoms with Crippen LogP contribution in [0, 0.1) is 19.8 Å². The van der Waals surface area contributed by atoms with Crippen LogP contribution in [0.25, 0.3) is 11.5 Å². The predicted molar refractivity (Wildman–Crippen MR) is 74.1 cm³/mol. The average molecular weight is 273 g/mol. The largest absolute Gasteiger partial charge is 0.334 e. The maximum absolute atomic E-state index is 5.38. The summed E-state index contributed by atoms with van der Waals surface area (Å²) in [4.78, 5) is 4.50. The lowest BCUT2D eigenvalue weighted by Gasteiger charge is -2.20. The average Bonchev–Trinajstić information content (AvgIpc) is 2.91. The fourth-order valence-electron chi connectivity index (χ4n) is 2.57. The molecule has 20 heavy (non-hydrogen) atoms. The lowest BCUT2D eigenvalue weighted by Crippen LogP contribution is -2.31. The molecule has 1 unspecified atom stereocenters. The van der Waals surface area contributed by atoms with E-state index < -0.39 is 0 Å². The first-order chi connectivity index (χ1) is 9.72. The Hall–Kier alpha value is -1.82. The molecule has 1 atom stereocenters. The fraction of sp³-hybridized carbons (Fsp3) is 0.571. The minimum absolute atomic E-state index is 0.541. The maximum atomic E-state index is 5.38. The van der Waals surface area contributed by atoms with E-state index in [-0.39, 0.29) is 0 Å². The third kappa shape index (κ3) is 2.85. The van der Waals surface area contributed by atoms with Gasteiger partial charge in [0.15, 0.2) is 5.82 Å². The molecule has 0 spiro atoms. The first-order valence-electron chi connectivity index (χ1n) is 7.07. The Labute approximate surface area is 118 Å². The number of nitrogens with one attached hydrogen (secondary N) is 1. The summed E-state index contributed by atoms with van der Waals surface area (Å²) in [5.41, 5.74) is 2.53. The maximum Gasteiger partial charge on any atom is 0.259 e. The first kappa shape index (κ1) is 13.2. The molecule has 6 nitrogen and oxygen atoms in total. The Morgan fingerprint density at radius 2 is 2.25 bits per heavy atom. The standard InChI is InChI=1S/C14H19N5O/c1-9-6-12(10(2)18-17-9)14-16-13(19-20-14)7-11-4-3-5-15-8-11/h6,11,15H,3-5,7-8H2,1-2H3. The Morgan fingerprint density at radius 1 is 1.35 bits per heavy atom. The van der Waals surface area contributed by atoms with Crippen LogP contribution >= 0.6 is 0 Å². The SMILES string of the molecule is Cc1cc(-c2nc(CC3CCCNC3)no2)c(C)nn1. The van der Waals surface area contributed by atoms with Gasteiger partial charge in [0.05, 0.1) is 17.0 Å². The zero-order valence-corrected chi connectivity index (χ0v) is 11.9. The van der Waals surface area contributed by atoms with Crippen LogP contribution < -0.4 is 5.32 Å². The summed E-state index contributed by atoms with van der Waals surface area (Å²) in [6.07, 6.45) is 3.32. The molecule has 2 aromatic rings. The van der Waals surface area contributed by atoms with Crippen LogP contribution in [0.3, 0.4) is 0 Å². The highest BCUT2D eigenvalue weighted by atomic mass is 16.5. The van der Waals surface area contributed by atoms with Gasteiger partial charge in [-0.1, -0.05) is 5.16 Å². The molecule has 0 bridgehead atoms. The Morgan fingerprint density at radius 3 is 3.05 bits per heavy atom. The zero-order chi connectivity index (χ0) is 13.9. The number of hydrogen-bond acceptors (Lipinski definition) is 6. The van der Waals surface area contributed by atoms with Gasteiger partial charge in [-0.05, 0) is 51.8 Å². The molecule has 0 amide bonds. The number of aryl methyl sites for hydroxylation is 2. The van der Waals surface area contributed by atoms with Crippen LogP contribution in [0.5, 0.6) is 0 Å². The van der Waals surface area contributed by atoms with Crippen molar-refractivity contribution in [3.05, 3.63) is 23.3 Å². The molecule has 0 saturated carbocycles. The second kappa shape index (κ2) is 5.66. The molecule has 1 N–H and O–H groups in total. The van der Waals surface area contributed by atoms with Crippen molar-refractivity contribution in [3.8, 4) is 11.5 Å². The van der Waals surface area contributed by atoms with Gasteiger partial charge in [0.2, 0.25) is 0 Å². The van der Waals surface area contributed by atoms with Crippen molar-refractivity contribution >= 4 is 0 Å². The fourth-order valence-corrected chi connectivity index (χ4v) is 2.57. The van der Waals surface area contributed by atoms with E-state index in [9.17, 15) is 0 Å².